The average Bonchev–Trinajstić information content (AvgIpc) is 3.37. The predicted octanol–water partition coefficient (Wildman–Crippen LogP) is 7.90. The third-order valence-corrected chi connectivity index (χ3v) is 9.58. The Labute approximate surface area is 237 Å². The van der Waals surface area contributed by atoms with E-state index in [2.05, 4.69) is 6.92 Å². The SMILES string of the molecule is CCCCCCCCCCCCCCCCCCCCOP1(=O)C[C@@H]2O[C@H](COC(C)=O)[C@@H](OC(C)=O)[C@@H]2O1. The summed E-state index contributed by atoms with van der Waals surface area (Å²) in [6, 6.07) is 0. The second-order valence-electron chi connectivity index (χ2n) is 11.3. The normalized spacial score (nSPS) is 26.0. The summed E-state index contributed by atoms with van der Waals surface area (Å²) in [5, 5.41) is 0. The molecule has 0 aromatic rings. The van der Waals surface area contributed by atoms with Crippen molar-refractivity contribution >= 4 is 19.5 Å². The van der Waals surface area contributed by atoms with Crippen LogP contribution < -0.4 is 0 Å². The minimum atomic E-state index is -3.31. The average molecular weight is 575 g/mol. The van der Waals surface area contributed by atoms with E-state index >= 15 is 0 Å². The third kappa shape index (κ3) is 14.5. The fourth-order valence-corrected chi connectivity index (χ4v) is 7.51. The maximum Gasteiger partial charge on any atom is 0.333 e. The molecule has 8 nitrogen and oxygen atoms in total. The molecule has 0 aromatic carbocycles. The van der Waals surface area contributed by atoms with E-state index in [4.69, 9.17) is 23.3 Å². The molecule has 2 rings (SSSR count). The lowest BCUT2D eigenvalue weighted by molar-refractivity contribution is -0.157. The van der Waals surface area contributed by atoms with Crippen LogP contribution in [-0.2, 0) is 37.4 Å². The maximum absolute atomic E-state index is 13.1. The van der Waals surface area contributed by atoms with Crippen molar-refractivity contribution in [2.75, 3.05) is 19.4 Å². The van der Waals surface area contributed by atoms with E-state index in [1.54, 1.807) is 0 Å². The highest BCUT2D eigenvalue weighted by Gasteiger charge is 2.57. The standard InChI is InChI=1S/C30H55O8P/c1-4-5-6-7-8-9-10-11-12-13-14-15-16-17-18-19-20-21-22-35-39(33)24-28-30(38-39)29(36-26(3)32)27(37-28)23-34-25(2)31/h27-30H,4-24H2,1-3H3/t27-,28+,29-,30-,39?/m1/s1. The molecule has 0 aliphatic carbocycles. The molecular formula is C30H55O8P. The molecule has 5 atom stereocenters. The fourth-order valence-electron chi connectivity index (χ4n) is 5.48. The van der Waals surface area contributed by atoms with Crippen LogP contribution in [0.3, 0.4) is 0 Å². The molecular weight excluding hydrogens is 519 g/mol. The number of carbonyl (C=O) groups excluding carboxylic acids is 2. The Balaban J connectivity index is 1.44. The molecule has 9 heteroatoms. The Hall–Kier alpha value is -0.950. The summed E-state index contributed by atoms with van der Waals surface area (Å²) in [4.78, 5) is 22.7. The number of esters is 2. The molecule has 228 valence electrons. The number of hydrogen-bond acceptors (Lipinski definition) is 8. The molecule has 0 N–H and O–H groups in total. The van der Waals surface area contributed by atoms with Gasteiger partial charge in [0.25, 0.3) is 0 Å². The molecule has 2 aliphatic rings. The molecule has 0 spiro atoms. The highest BCUT2D eigenvalue weighted by Crippen LogP contribution is 2.59. The molecule has 2 fully saturated rings. The first kappa shape index (κ1) is 34.3. The second-order valence-corrected chi connectivity index (χ2v) is 13.4. The van der Waals surface area contributed by atoms with Gasteiger partial charge in [-0.3, -0.25) is 18.7 Å². The van der Waals surface area contributed by atoms with Crippen LogP contribution in [0.25, 0.3) is 0 Å². The first-order valence-corrected chi connectivity index (χ1v) is 17.5. The molecule has 0 saturated carbocycles. The summed E-state index contributed by atoms with van der Waals surface area (Å²) < 4.78 is 40.7. The quantitative estimate of drug-likeness (QED) is 0.0690. The summed E-state index contributed by atoms with van der Waals surface area (Å²) in [7, 11) is -3.31. The monoisotopic (exact) mass is 574 g/mol. The molecule has 2 saturated heterocycles. The Morgan fingerprint density at radius 1 is 0.744 bits per heavy atom. The number of fused-ring (bicyclic) bond motifs is 1. The molecule has 39 heavy (non-hydrogen) atoms. The van der Waals surface area contributed by atoms with Crippen molar-refractivity contribution in [1.82, 2.24) is 0 Å². The zero-order chi connectivity index (χ0) is 28.3. The second kappa shape index (κ2) is 20.0. The first-order chi connectivity index (χ1) is 18.8. The van der Waals surface area contributed by atoms with Crippen LogP contribution in [-0.4, -0.2) is 55.7 Å². The van der Waals surface area contributed by atoms with Crippen LogP contribution >= 0.6 is 7.60 Å². The zero-order valence-corrected chi connectivity index (χ0v) is 25.8. The minimum absolute atomic E-state index is 0.0475. The highest BCUT2D eigenvalue weighted by atomic mass is 31.2. The fraction of sp³-hybridized carbons (Fsp3) is 0.933. The molecule has 0 bridgehead atoms. The van der Waals surface area contributed by atoms with Gasteiger partial charge in [-0.2, -0.15) is 0 Å². The van der Waals surface area contributed by atoms with Crippen molar-refractivity contribution in [3.05, 3.63) is 0 Å². The first-order valence-electron chi connectivity index (χ1n) is 15.7. The van der Waals surface area contributed by atoms with Crippen molar-refractivity contribution in [2.45, 2.75) is 161 Å². The van der Waals surface area contributed by atoms with E-state index in [1.807, 2.05) is 0 Å². The highest BCUT2D eigenvalue weighted by molar-refractivity contribution is 7.54. The van der Waals surface area contributed by atoms with Crippen molar-refractivity contribution < 1.29 is 37.4 Å². The van der Waals surface area contributed by atoms with Crippen LogP contribution in [0.2, 0.25) is 0 Å². The summed E-state index contributed by atoms with van der Waals surface area (Å²) in [6.07, 6.45) is 21.1. The topological polar surface area (TPSA) is 97.4 Å². The molecule has 0 amide bonds. The Bertz CT molecular complexity index is 730. The molecule has 0 radical (unpaired) electrons. The Kier molecular flexibility index (Phi) is 17.6. The van der Waals surface area contributed by atoms with Gasteiger partial charge in [-0.05, 0) is 6.42 Å². The van der Waals surface area contributed by atoms with Gasteiger partial charge < -0.3 is 18.7 Å². The summed E-state index contributed by atoms with van der Waals surface area (Å²) in [5.41, 5.74) is 0. The number of carbonyl (C=O) groups is 2. The van der Waals surface area contributed by atoms with Crippen LogP contribution in [0.15, 0.2) is 0 Å². The van der Waals surface area contributed by atoms with E-state index in [0.29, 0.717) is 6.61 Å². The maximum atomic E-state index is 13.1. The van der Waals surface area contributed by atoms with Crippen LogP contribution in [0.1, 0.15) is 136 Å². The number of hydrogen-bond donors (Lipinski definition) is 0. The lowest BCUT2D eigenvalue weighted by Gasteiger charge is -2.23. The lowest BCUT2D eigenvalue weighted by Crippen LogP contribution is -2.38. The van der Waals surface area contributed by atoms with E-state index in [9.17, 15) is 14.2 Å². The number of unbranched alkanes of at least 4 members (excludes halogenated alkanes) is 17. The zero-order valence-electron chi connectivity index (χ0n) is 24.9. The number of rotatable bonds is 23. The van der Waals surface area contributed by atoms with Gasteiger partial charge in [-0.1, -0.05) is 116 Å². The van der Waals surface area contributed by atoms with Crippen molar-refractivity contribution in [1.29, 1.82) is 0 Å². The van der Waals surface area contributed by atoms with Gasteiger partial charge in [0.2, 0.25) is 0 Å². The van der Waals surface area contributed by atoms with Gasteiger partial charge in [0.05, 0.1) is 12.8 Å². The largest absolute Gasteiger partial charge is 0.463 e. The van der Waals surface area contributed by atoms with E-state index in [1.165, 1.54) is 110 Å². The summed E-state index contributed by atoms with van der Waals surface area (Å²) in [5.74, 6) is -0.946. The molecule has 2 aliphatic heterocycles. The molecule has 1 unspecified atom stereocenters. The van der Waals surface area contributed by atoms with Crippen molar-refractivity contribution in [2.24, 2.45) is 0 Å². The van der Waals surface area contributed by atoms with Crippen LogP contribution in [0.5, 0.6) is 0 Å². The Morgan fingerprint density at radius 2 is 1.23 bits per heavy atom. The number of ether oxygens (including phenoxy) is 3. The van der Waals surface area contributed by atoms with Gasteiger partial charge in [0.15, 0.2) is 6.10 Å². The summed E-state index contributed by atoms with van der Waals surface area (Å²) >= 11 is 0. The van der Waals surface area contributed by atoms with E-state index < -0.39 is 44.0 Å². The predicted molar refractivity (Wildman–Crippen MR) is 153 cm³/mol. The van der Waals surface area contributed by atoms with Crippen LogP contribution in [0, 0.1) is 0 Å². The van der Waals surface area contributed by atoms with Gasteiger partial charge in [-0.15, -0.1) is 0 Å². The Morgan fingerprint density at radius 3 is 1.69 bits per heavy atom. The van der Waals surface area contributed by atoms with Crippen molar-refractivity contribution in [3.8, 4) is 0 Å². The van der Waals surface area contributed by atoms with E-state index in [-0.39, 0.29) is 12.8 Å². The molecule has 0 aromatic heterocycles. The van der Waals surface area contributed by atoms with Gasteiger partial charge in [0.1, 0.15) is 24.9 Å². The van der Waals surface area contributed by atoms with Gasteiger partial charge in [0, 0.05) is 13.8 Å². The van der Waals surface area contributed by atoms with Crippen LogP contribution in [0.4, 0.5) is 0 Å². The minimum Gasteiger partial charge on any atom is -0.463 e. The van der Waals surface area contributed by atoms with Gasteiger partial charge >= 0.3 is 19.5 Å². The smallest absolute Gasteiger partial charge is 0.333 e. The lowest BCUT2D eigenvalue weighted by atomic mass is 10.0. The van der Waals surface area contributed by atoms with E-state index in [0.717, 1.165) is 19.3 Å². The van der Waals surface area contributed by atoms with Gasteiger partial charge in [-0.25, -0.2) is 0 Å². The third-order valence-electron chi connectivity index (χ3n) is 7.63. The molecule has 2 heterocycles. The summed E-state index contributed by atoms with van der Waals surface area (Å²) in [6.45, 7) is 5.20. The van der Waals surface area contributed by atoms with Crippen molar-refractivity contribution in [3.63, 3.8) is 0 Å².